The summed E-state index contributed by atoms with van der Waals surface area (Å²) in [6.07, 6.45) is 10.1. The molecule has 4 aromatic rings. The molecule has 0 fully saturated rings. The summed E-state index contributed by atoms with van der Waals surface area (Å²) in [5, 5.41) is 0. The van der Waals surface area contributed by atoms with Crippen LogP contribution in [0.2, 0.25) is 0 Å². The zero-order valence-electron chi connectivity index (χ0n) is 22.6. The maximum atomic E-state index is 11.6. The van der Waals surface area contributed by atoms with Crippen molar-refractivity contribution >= 4 is 31.8 Å². The minimum absolute atomic E-state index is 0.252. The Morgan fingerprint density at radius 2 is 0.780 bits per heavy atom. The Morgan fingerprint density at radius 1 is 0.488 bits per heavy atom. The number of sulfone groups is 2. The van der Waals surface area contributed by atoms with Crippen molar-refractivity contribution in [1.29, 1.82) is 0 Å². The summed E-state index contributed by atoms with van der Waals surface area (Å²) in [5.41, 5.74) is 2.00. The molecular formula is C32H30O7S2. The second kappa shape index (κ2) is 13.5. The normalized spacial score (nSPS) is 12.1. The summed E-state index contributed by atoms with van der Waals surface area (Å²) >= 11 is 0. The van der Waals surface area contributed by atoms with Crippen molar-refractivity contribution in [3.63, 3.8) is 0 Å². The quantitative estimate of drug-likeness (QED) is 0.167. The van der Waals surface area contributed by atoms with Gasteiger partial charge in [0.1, 0.15) is 23.0 Å². The second-order valence-electron chi connectivity index (χ2n) is 9.17. The molecule has 7 nitrogen and oxygen atoms in total. The number of hydrogen-bond donors (Lipinski definition) is 0. The maximum Gasteiger partial charge on any atom is 0.175 e. The lowest BCUT2D eigenvalue weighted by Gasteiger charge is -2.07. The monoisotopic (exact) mass is 590 g/mol. The van der Waals surface area contributed by atoms with Crippen LogP contribution in [0.3, 0.4) is 0 Å². The number of benzene rings is 4. The zero-order chi connectivity index (χ0) is 29.3. The molecule has 0 amide bonds. The van der Waals surface area contributed by atoms with Gasteiger partial charge in [-0.2, -0.15) is 0 Å². The van der Waals surface area contributed by atoms with E-state index < -0.39 is 19.7 Å². The molecule has 0 atom stereocenters. The van der Waals surface area contributed by atoms with E-state index in [0.717, 1.165) is 11.1 Å². The molecule has 0 saturated carbocycles. The van der Waals surface area contributed by atoms with Gasteiger partial charge in [0.05, 0.1) is 23.0 Å². The molecule has 0 unspecified atom stereocenters. The van der Waals surface area contributed by atoms with E-state index in [9.17, 15) is 16.8 Å². The van der Waals surface area contributed by atoms with Crippen LogP contribution in [-0.4, -0.2) is 42.6 Å². The van der Waals surface area contributed by atoms with Gasteiger partial charge in [-0.25, -0.2) is 16.8 Å². The highest BCUT2D eigenvalue weighted by Gasteiger charge is 2.08. The van der Waals surface area contributed by atoms with Crippen molar-refractivity contribution in [1.82, 2.24) is 0 Å². The molecular weight excluding hydrogens is 560 g/mol. The Morgan fingerprint density at radius 3 is 1.07 bits per heavy atom. The first kappa shape index (κ1) is 29.8. The third-order valence-electron chi connectivity index (χ3n) is 5.78. The van der Waals surface area contributed by atoms with Crippen molar-refractivity contribution in [2.24, 2.45) is 0 Å². The van der Waals surface area contributed by atoms with Crippen molar-refractivity contribution < 1.29 is 31.0 Å². The highest BCUT2D eigenvalue weighted by atomic mass is 32.2. The van der Waals surface area contributed by atoms with Crippen molar-refractivity contribution in [2.75, 3.05) is 25.7 Å². The van der Waals surface area contributed by atoms with E-state index >= 15 is 0 Å². The van der Waals surface area contributed by atoms with Crippen LogP contribution < -0.4 is 9.47 Å². The minimum atomic E-state index is -3.24. The van der Waals surface area contributed by atoms with Gasteiger partial charge in [-0.3, -0.25) is 0 Å². The number of ether oxygens (including phenoxy) is 3. The van der Waals surface area contributed by atoms with Crippen LogP contribution >= 0.6 is 0 Å². The predicted molar refractivity (Wildman–Crippen MR) is 161 cm³/mol. The van der Waals surface area contributed by atoms with Gasteiger partial charge in [0.25, 0.3) is 0 Å². The SMILES string of the molecule is CS(=O)(=O)c1ccc(Oc2ccc(C=CCOCC=Cc3ccc(Oc4ccc(S(C)(=O)=O)cc4)cc3)cc2)cc1. The molecule has 0 aliphatic carbocycles. The molecule has 0 aliphatic rings. The van der Waals surface area contributed by atoms with Crippen LogP contribution in [0.5, 0.6) is 23.0 Å². The van der Waals surface area contributed by atoms with Gasteiger partial charge in [0, 0.05) is 12.5 Å². The lowest BCUT2D eigenvalue weighted by molar-refractivity contribution is 0.195. The first-order valence-electron chi connectivity index (χ1n) is 12.6. The zero-order valence-corrected chi connectivity index (χ0v) is 24.3. The summed E-state index contributed by atoms with van der Waals surface area (Å²) in [7, 11) is -6.47. The van der Waals surface area contributed by atoms with Crippen LogP contribution in [0, 0.1) is 0 Å². The third-order valence-corrected chi connectivity index (χ3v) is 8.04. The topological polar surface area (TPSA) is 96.0 Å². The van der Waals surface area contributed by atoms with Crippen LogP contribution in [0.25, 0.3) is 12.2 Å². The maximum absolute atomic E-state index is 11.6. The second-order valence-corrected chi connectivity index (χ2v) is 13.2. The number of hydrogen-bond acceptors (Lipinski definition) is 7. The summed E-state index contributed by atoms with van der Waals surface area (Å²) in [6, 6.07) is 27.7. The lowest BCUT2D eigenvalue weighted by atomic mass is 10.2. The molecule has 0 bridgehead atoms. The molecule has 9 heteroatoms. The van der Waals surface area contributed by atoms with Crippen LogP contribution in [0.1, 0.15) is 11.1 Å². The first-order valence-corrected chi connectivity index (χ1v) is 16.4. The summed E-state index contributed by atoms with van der Waals surface area (Å²) in [5.74, 6) is 2.42. The molecule has 4 aromatic carbocycles. The van der Waals surface area contributed by atoms with E-state index in [0.29, 0.717) is 36.2 Å². The fourth-order valence-electron chi connectivity index (χ4n) is 3.65. The Kier molecular flexibility index (Phi) is 9.78. The van der Waals surface area contributed by atoms with E-state index in [2.05, 4.69) is 0 Å². The Labute approximate surface area is 241 Å². The van der Waals surface area contributed by atoms with E-state index in [1.807, 2.05) is 72.8 Å². The van der Waals surface area contributed by atoms with E-state index in [4.69, 9.17) is 14.2 Å². The van der Waals surface area contributed by atoms with Gasteiger partial charge in [0.2, 0.25) is 0 Å². The van der Waals surface area contributed by atoms with E-state index in [-0.39, 0.29) is 9.79 Å². The van der Waals surface area contributed by atoms with E-state index in [1.54, 1.807) is 24.3 Å². The fourth-order valence-corrected chi connectivity index (χ4v) is 4.91. The molecule has 0 saturated heterocycles. The van der Waals surface area contributed by atoms with Gasteiger partial charge in [-0.05, 0) is 83.9 Å². The average molecular weight is 591 g/mol. The Bertz CT molecular complexity index is 1570. The smallest absolute Gasteiger partial charge is 0.175 e. The van der Waals surface area contributed by atoms with Crippen molar-refractivity contribution in [3.05, 3.63) is 120 Å². The van der Waals surface area contributed by atoms with Crippen LogP contribution in [0.4, 0.5) is 0 Å². The largest absolute Gasteiger partial charge is 0.457 e. The van der Waals surface area contributed by atoms with E-state index in [1.165, 1.54) is 36.8 Å². The van der Waals surface area contributed by atoms with Crippen LogP contribution in [-0.2, 0) is 24.4 Å². The third kappa shape index (κ3) is 9.46. The van der Waals surface area contributed by atoms with Gasteiger partial charge < -0.3 is 14.2 Å². The molecule has 0 radical (unpaired) electrons. The average Bonchev–Trinajstić information content (AvgIpc) is 2.94. The number of rotatable bonds is 12. The molecule has 0 spiro atoms. The summed E-state index contributed by atoms with van der Waals surface area (Å²) < 4.78 is 63.5. The minimum Gasteiger partial charge on any atom is -0.457 e. The van der Waals surface area contributed by atoms with Crippen molar-refractivity contribution in [3.8, 4) is 23.0 Å². The van der Waals surface area contributed by atoms with Gasteiger partial charge in [-0.1, -0.05) is 48.6 Å². The summed E-state index contributed by atoms with van der Waals surface area (Å²) in [6.45, 7) is 0.917. The molecule has 0 N–H and O–H groups in total. The molecule has 0 aliphatic heterocycles. The van der Waals surface area contributed by atoms with Gasteiger partial charge in [-0.15, -0.1) is 0 Å². The first-order chi connectivity index (χ1) is 19.6. The van der Waals surface area contributed by atoms with Crippen molar-refractivity contribution in [2.45, 2.75) is 9.79 Å². The fraction of sp³-hybridized carbons (Fsp3) is 0.125. The Balaban J connectivity index is 1.17. The molecule has 212 valence electrons. The lowest BCUT2D eigenvalue weighted by Crippen LogP contribution is -1.96. The summed E-state index contributed by atoms with van der Waals surface area (Å²) in [4.78, 5) is 0.503. The predicted octanol–water partition coefficient (Wildman–Crippen LogP) is 6.82. The van der Waals surface area contributed by atoms with Gasteiger partial charge in [0.15, 0.2) is 19.7 Å². The molecule has 0 heterocycles. The van der Waals surface area contributed by atoms with Gasteiger partial charge >= 0.3 is 0 Å². The standard InChI is InChI=1S/C32H30O7S2/c1-40(33,34)31-19-15-29(16-20-31)38-27-11-7-25(8-12-27)5-3-23-37-24-4-6-26-9-13-28(14-10-26)39-30-17-21-32(22-18-30)41(2,35)36/h3-22H,23-24H2,1-2H3. The molecule has 41 heavy (non-hydrogen) atoms. The van der Waals surface area contributed by atoms with Crippen LogP contribution in [0.15, 0.2) is 119 Å². The molecule has 0 aromatic heterocycles. The highest BCUT2D eigenvalue weighted by Crippen LogP contribution is 2.25. The molecule has 4 rings (SSSR count). The Hall–Kier alpha value is -4.18. The highest BCUT2D eigenvalue weighted by molar-refractivity contribution is 7.91.